The first-order chi connectivity index (χ1) is 6.56. The predicted molar refractivity (Wildman–Crippen MR) is 44.7 cm³/mol. The Kier molecular flexibility index (Phi) is 2.23. The second-order valence-corrected chi connectivity index (χ2v) is 3.33. The number of ether oxygens (including phenoxy) is 1. The van der Waals surface area contributed by atoms with Crippen molar-refractivity contribution in [2.24, 2.45) is 0 Å². The first-order valence-electron chi connectivity index (χ1n) is 4.33. The van der Waals surface area contributed by atoms with Crippen molar-refractivity contribution in [2.75, 3.05) is 0 Å². The van der Waals surface area contributed by atoms with Gasteiger partial charge in [0.05, 0.1) is 12.5 Å². The Bertz CT molecular complexity index is 307. The molecule has 14 heavy (non-hydrogen) atoms. The second-order valence-electron chi connectivity index (χ2n) is 3.33. The molecule has 2 rings (SSSR count). The van der Waals surface area contributed by atoms with Crippen molar-refractivity contribution in [2.45, 2.75) is 24.8 Å². The highest BCUT2D eigenvalue weighted by atomic mass is 19.4. The average molecular weight is 202 g/mol. The van der Waals surface area contributed by atoms with Crippen LogP contribution in [0.5, 0.6) is 0 Å². The van der Waals surface area contributed by atoms with E-state index in [1.165, 1.54) is 0 Å². The molecule has 1 aliphatic rings. The SMILES string of the molecule is FC(F)(F)C[C@H]1O[C@@H]1c1ccccc1. The van der Waals surface area contributed by atoms with Crippen molar-refractivity contribution >= 4 is 0 Å². The summed E-state index contributed by atoms with van der Waals surface area (Å²) in [6.45, 7) is 0. The van der Waals surface area contributed by atoms with E-state index in [2.05, 4.69) is 0 Å². The zero-order valence-electron chi connectivity index (χ0n) is 7.29. The average Bonchev–Trinajstić information content (AvgIpc) is 2.82. The summed E-state index contributed by atoms with van der Waals surface area (Å²) in [5.41, 5.74) is 0.821. The lowest BCUT2D eigenvalue weighted by Crippen LogP contribution is -2.11. The Balaban J connectivity index is 1.94. The molecule has 76 valence electrons. The van der Waals surface area contributed by atoms with Gasteiger partial charge in [0, 0.05) is 0 Å². The molecular weight excluding hydrogens is 193 g/mol. The summed E-state index contributed by atoms with van der Waals surface area (Å²) in [5.74, 6) is 0. The first-order valence-corrected chi connectivity index (χ1v) is 4.33. The highest BCUT2D eigenvalue weighted by Crippen LogP contribution is 2.44. The van der Waals surface area contributed by atoms with E-state index in [0.29, 0.717) is 0 Å². The number of rotatable bonds is 2. The third-order valence-corrected chi connectivity index (χ3v) is 2.14. The summed E-state index contributed by atoms with van der Waals surface area (Å²) in [4.78, 5) is 0. The summed E-state index contributed by atoms with van der Waals surface area (Å²) in [7, 11) is 0. The van der Waals surface area contributed by atoms with Crippen molar-refractivity contribution in [1.82, 2.24) is 0 Å². The van der Waals surface area contributed by atoms with Crippen molar-refractivity contribution in [3.63, 3.8) is 0 Å². The van der Waals surface area contributed by atoms with Crippen LogP contribution in [0.1, 0.15) is 18.1 Å². The van der Waals surface area contributed by atoms with Gasteiger partial charge in [0.15, 0.2) is 0 Å². The molecule has 0 aromatic heterocycles. The van der Waals surface area contributed by atoms with Gasteiger partial charge >= 0.3 is 6.18 Å². The van der Waals surface area contributed by atoms with E-state index in [1.54, 1.807) is 24.3 Å². The smallest absolute Gasteiger partial charge is 0.364 e. The zero-order chi connectivity index (χ0) is 10.2. The van der Waals surface area contributed by atoms with Crippen LogP contribution in [0.25, 0.3) is 0 Å². The van der Waals surface area contributed by atoms with Gasteiger partial charge in [-0.15, -0.1) is 0 Å². The van der Waals surface area contributed by atoms with Gasteiger partial charge in [0.25, 0.3) is 0 Å². The molecule has 1 saturated heterocycles. The van der Waals surface area contributed by atoms with Crippen LogP contribution in [0.15, 0.2) is 30.3 Å². The lowest BCUT2D eigenvalue weighted by molar-refractivity contribution is -0.137. The molecule has 0 bridgehead atoms. The van der Waals surface area contributed by atoms with Crippen molar-refractivity contribution in [3.8, 4) is 0 Å². The highest BCUT2D eigenvalue weighted by Gasteiger charge is 2.47. The maximum absolute atomic E-state index is 12.0. The lowest BCUT2D eigenvalue weighted by atomic mass is 10.1. The maximum atomic E-state index is 12.0. The van der Waals surface area contributed by atoms with E-state index in [0.717, 1.165) is 5.56 Å². The van der Waals surface area contributed by atoms with E-state index in [9.17, 15) is 13.2 Å². The summed E-state index contributed by atoms with van der Waals surface area (Å²) >= 11 is 0. The summed E-state index contributed by atoms with van der Waals surface area (Å²) < 4.78 is 40.8. The summed E-state index contributed by atoms with van der Waals surface area (Å²) in [5, 5.41) is 0. The molecule has 1 heterocycles. The van der Waals surface area contributed by atoms with Crippen LogP contribution < -0.4 is 0 Å². The van der Waals surface area contributed by atoms with Crippen LogP contribution in [0, 0.1) is 0 Å². The molecule has 0 N–H and O–H groups in total. The number of halogens is 3. The van der Waals surface area contributed by atoms with Gasteiger partial charge < -0.3 is 4.74 Å². The molecule has 0 aliphatic carbocycles. The van der Waals surface area contributed by atoms with Gasteiger partial charge in [-0.2, -0.15) is 13.2 Å². The normalized spacial score (nSPS) is 26.2. The molecule has 1 aromatic carbocycles. The number of hydrogen-bond acceptors (Lipinski definition) is 1. The van der Waals surface area contributed by atoms with Crippen LogP contribution >= 0.6 is 0 Å². The van der Waals surface area contributed by atoms with Gasteiger partial charge in [-0.1, -0.05) is 30.3 Å². The van der Waals surface area contributed by atoms with Gasteiger partial charge in [-0.3, -0.25) is 0 Å². The largest absolute Gasteiger partial charge is 0.391 e. The van der Waals surface area contributed by atoms with Crippen molar-refractivity contribution < 1.29 is 17.9 Å². The number of hydrogen-bond donors (Lipinski definition) is 0. The highest BCUT2D eigenvalue weighted by molar-refractivity contribution is 5.22. The molecule has 2 atom stereocenters. The van der Waals surface area contributed by atoms with E-state index in [-0.39, 0.29) is 6.10 Å². The molecular formula is C10H9F3O. The Morgan fingerprint density at radius 2 is 1.79 bits per heavy atom. The molecule has 1 fully saturated rings. The molecule has 0 saturated carbocycles. The van der Waals surface area contributed by atoms with E-state index in [4.69, 9.17) is 4.74 Å². The molecule has 0 spiro atoms. The topological polar surface area (TPSA) is 12.5 Å². The van der Waals surface area contributed by atoms with Crippen LogP contribution in [0.3, 0.4) is 0 Å². The number of alkyl halides is 3. The van der Waals surface area contributed by atoms with Crippen LogP contribution in [0.4, 0.5) is 13.2 Å². The zero-order valence-corrected chi connectivity index (χ0v) is 7.29. The molecule has 1 aromatic rings. The van der Waals surface area contributed by atoms with Gasteiger partial charge in [0.1, 0.15) is 6.10 Å². The quantitative estimate of drug-likeness (QED) is 0.671. The molecule has 1 aliphatic heterocycles. The Morgan fingerprint density at radius 1 is 1.14 bits per heavy atom. The maximum Gasteiger partial charge on any atom is 0.391 e. The Labute approximate surface area is 79.5 Å². The fourth-order valence-corrected chi connectivity index (χ4v) is 1.46. The molecule has 4 heteroatoms. The Hall–Kier alpha value is -1.03. The molecule has 0 unspecified atom stereocenters. The lowest BCUT2D eigenvalue weighted by Gasteiger charge is -2.01. The van der Waals surface area contributed by atoms with Gasteiger partial charge in [-0.25, -0.2) is 0 Å². The summed E-state index contributed by atoms with van der Waals surface area (Å²) in [6.07, 6.45) is -6.03. The molecule has 0 amide bonds. The third kappa shape index (κ3) is 2.26. The van der Waals surface area contributed by atoms with E-state index in [1.807, 2.05) is 6.07 Å². The fourth-order valence-electron chi connectivity index (χ4n) is 1.46. The Morgan fingerprint density at radius 3 is 2.36 bits per heavy atom. The fraction of sp³-hybridized carbons (Fsp3) is 0.400. The minimum absolute atomic E-state index is 0.363. The van der Waals surface area contributed by atoms with Crippen molar-refractivity contribution in [1.29, 1.82) is 0 Å². The van der Waals surface area contributed by atoms with Crippen molar-refractivity contribution in [3.05, 3.63) is 35.9 Å². The first kappa shape index (κ1) is 9.52. The third-order valence-electron chi connectivity index (χ3n) is 2.14. The van der Waals surface area contributed by atoms with E-state index < -0.39 is 18.7 Å². The van der Waals surface area contributed by atoms with Crippen LogP contribution in [-0.4, -0.2) is 12.3 Å². The van der Waals surface area contributed by atoms with Gasteiger partial charge in [0.2, 0.25) is 0 Å². The predicted octanol–water partition coefficient (Wildman–Crippen LogP) is 3.08. The second kappa shape index (κ2) is 3.28. The van der Waals surface area contributed by atoms with Crippen LogP contribution in [0.2, 0.25) is 0 Å². The van der Waals surface area contributed by atoms with E-state index >= 15 is 0 Å². The minimum Gasteiger partial charge on any atom is -0.364 e. The number of benzene rings is 1. The van der Waals surface area contributed by atoms with Gasteiger partial charge in [-0.05, 0) is 5.56 Å². The molecule has 0 radical (unpaired) electrons. The monoisotopic (exact) mass is 202 g/mol. The summed E-state index contributed by atoms with van der Waals surface area (Å²) in [6, 6.07) is 8.97. The minimum atomic E-state index is -4.13. The molecule has 1 nitrogen and oxygen atoms in total. The van der Waals surface area contributed by atoms with Crippen LogP contribution in [-0.2, 0) is 4.74 Å². The standard InChI is InChI=1S/C10H9F3O/c11-10(12,13)6-8-9(14-8)7-4-2-1-3-5-7/h1-5,8-9H,6H2/t8-,9-/m1/s1. The number of epoxide rings is 1.